The number of anilines is 1. The number of nitrogens with zero attached hydrogens (tertiary/aromatic N) is 1. The van der Waals surface area contributed by atoms with E-state index in [2.05, 4.69) is 15.6 Å². The number of nitrogens with two attached hydrogens (primary N) is 1. The molecular weight excluding hydrogens is 232 g/mol. The summed E-state index contributed by atoms with van der Waals surface area (Å²) in [5, 5.41) is 5.59. The van der Waals surface area contributed by atoms with E-state index in [9.17, 15) is 9.59 Å². The van der Waals surface area contributed by atoms with Crippen molar-refractivity contribution in [2.45, 2.75) is 25.8 Å². The summed E-state index contributed by atoms with van der Waals surface area (Å²) < 4.78 is 0. The molecule has 2 heterocycles. The van der Waals surface area contributed by atoms with Crippen LogP contribution in [-0.4, -0.2) is 29.4 Å². The molecule has 18 heavy (non-hydrogen) atoms. The van der Waals surface area contributed by atoms with Gasteiger partial charge in [-0.15, -0.1) is 0 Å². The molecule has 1 atom stereocenters. The maximum absolute atomic E-state index is 12.0. The molecule has 1 aromatic heterocycles. The van der Waals surface area contributed by atoms with Crippen molar-refractivity contribution in [3.05, 3.63) is 23.4 Å². The molecule has 2 rings (SSSR count). The molecular formula is C12H16N4O2. The van der Waals surface area contributed by atoms with Crippen molar-refractivity contribution in [1.29, 1.82) is 0 Å². The van der Waals surface area contributed by atoms with Crippen molar-refractivity contribution in [3.8, 4) is 0 Å². The van der Waals surface area contributed by atoms with Crippen LogP contribution in [0.2, 0.25) is 0 Å². The average molecular weight is 248 g/mol. The summed E-state index contributed by atoms with van der Waals surface area (Å²) in [6, 6.07) is 3.21. The van der Waals surface area contributed by atoms with Crippen LogP contribution < -0.4 is 16.4 Å². The van der Waals surface area contributed by atoms with E-state index in [1.165, 1.54) is 0 Å². The van der Waals surface area contributed by atoms with Crippen molar-refractivity contribution in [2.24, 2.45) is 0 Å². The number of hydrogen-bond donors (Lipinski definition) is 3. The number of rotatable bonds is 2. The molecule has 6 heteroatoms. The Morgan fingerprint density at radius 3 is 2.94 bits per heavy atom. The van der Waals surface area contributed by atoms with Crippen LogP contribution in [0.5, 0.6) is 0 Å². The summed E-state index contributed by atoms with van der Waals surface area (Å²) in [5.74, 6) is 0.176. The molecule has 0 saturated carbocycles. The van der Waals surface area contributed by atoms with Gasteiger partial charge in [0, 0.05) is 30.3 Å². The van der Waals surface area contributed by atoms with Crippen molar-refractivity contribution < 1.29 is 9.59 Å². The van der Waals surface area contributed by atoms with Gasteiger partial charge < -0.3 is 16.4 Å². The second-order valence-corrected chi connectivity index (χ2v) is 4.44. The lowest BCUT2D eigenvalue weighted by molar-refractivity contribution is -0.122. The monoisotopic (exact) mass is 248 g/mol. The minimum absolute atomic E-state index is 0.0232. The van der Waals surface area contributed by atoms with Crippen LogP contribution in [0, 0.1) is 6.92 Å². The van der Waals surface area contributed by atoms with Crippen molar-refractivity contribution in [1.82, 2.24) is 15.6 Å². The average Bonchev–Trinajstić information content (AvgIpc) is 2.31. The Bertz CT molecular complexity index is 457. The molecule has 0 bridgehead atoms. The van der Waals surface area contributed by atoms with Gasteiger partial charge in [0.25, 0.3) is 5.91 Å². The fourth-order valence-corrected chi connectivity index (χ4v) is 1.95. The first-order valence-corrected chi connectivity index (χ1v) is 5.86. The normalized spacial score (nSPS) is 19.2. The summed E-state index contributed by atoms with van der Waals surface area (Å²) >= 11 is 0. The van der Waals surface area contributed by atoms with Crippen LogP contribution in [0.25, 0.3) is 0 Å². The molecule has 0 aliphatic carbocycles. The van der Waals surface area contributed by atoms with Crippen molar-refractivity contribution >= 4 is 17.6 Å². The number of carbonyl (C=O) groups is 2. The number of aryl methyl sites for hydroxylation is 1. The number of carbonyl (C=O) groups excluding carboxylic acids is 2. The largest absolute Gasteiger partial charge is 0.384 e. The number of amides is 2. The van der Waals surface area contributed by atoms with Crippen LogP contribution in [0.3, 0.4) is 0 Å². The van der Waals surface area contributed by atoms with Crippen molar-refractivity contribution in [2.75, 3.05) is 12.3 Å². The summed E-state index contributed by atoms with van der Waals surface area (Å²) in [5.41, 5.74) is 6.80. The van der Waals surface area contributed by atoms with Gasteiger partial charge in [0.1, 0.15) is 5.82 Å². The molecule has 2 amide bonds. The zero-order chi connectivity index (χ0) is 13.1. The van der Waals surface area contributed by atoms with Gasteiger partial charge in [-0.05, 0) is 25.5 Å². The van der Waals surface area contributed by atoms with E-state index in [0.717, 1.165) is 0 Å². The van der Waals surface area contributed by atoms with Gasteiger partial charge in [0.05, 0.1) is 0 Å². The van der Waals surface area contributed by atoms with E-state index in [-0.39, 0.29) is 17.9 Å². The Balaban J connectivity index is 2.01. The summed E-state index contributed by atoms with van der Waals surface area (Å²) in [4.78, 5) is 27.0. The number of nitrogens with one attached hydrogen (secondary N) is 2. The smallest absolute Gasteiger partial charge is 0.251 e. The topological polar surface area (TPSA) is 97.1 Å². The van der Waals surface area contributed by atoms with Gasteiger partial charge in [-0.25, -0.2) is 4.98 Å². The molecule has 4 N–H and O–H groups in total. The highest BCUT2D eigenvalue weighted by molar-refractivity contribution is 5.95. The molecule has 1 saturated heterocycles. The second kappa shape index (κ2) is 5.03. The van der Waals surface area contributed by atoms with Crippen LogP contribution in [-0.2, 0) is 4.79 Å². The van der Waals surface area contributed by atoms with E-state index < -0.39 is 0 Å². The lowest BCUT2D eigenvalue weighted by Crippen LogP contribution is -2.47. The third kappa shape index (κ3) is 2.97. The van der Waals surface area contributed by atoms with E-state index >= 15 is 0 Å². The number of hydrogen-bond acceptors (Lipinski definition) is 4. The lowest BCUT2D eigenvalue weighted by Gasteiger charge is -2.23. The molecule has 1 aliphatic heterocycles. The fourth-order valence-electron chi connectivity index (χ4n) is 1.95. The Morgan fingerprint density at radius 2 is 2.33 bits per heavy atom. The van der Waals surface area contributed by atoms with Gasteiger partial charge >= 0.3 is 0 Å². The highest BCUT2D eigenvalue weighted by atomic mass is 16.2. The van der Waals surface area contributed by atoms with Gasteiger partial charge in [0.15, 0.2) is 0 Å². The molecule has 0 radical (unpaired) electrons. The predicted octanol–water partition coefficient (Wildman–Crippen LogP) is -0.0194. The Labute approximate surface area is 105 Å². The first kappa shape index (κ1) is 12.3. The highest BCUT2D eigenvalue weighted by Crippen LogP contribution is 2.09. The molecule has 96 valence electrons. The summed E-state index contributed by atoms with van der Waals surface area (Å²) in [7, 11) is 0. The Kier molecular flexibility index (Phi) is 3.45. The molecule has 1 fully saturated rings. The zero-order valence-corrected chi connectivity index (χ0v) is 10.2. The number of aromatic nitrogens is 1. The van der Waals surface area contributed by atoms with Crippen molar-refractivity contribution in [3.63, 3.8) is 0 Å². The Morgan fingerprint density at radius 1 is 1.56 bits per heavy atom. The minimum Gasteiger partial charge on any atom is -0.384 e. The zero-order valence-electron chi connectivity index (χ0n) is 10.2. The van der Waals surface area contributed by atoms with Crippen LogP contribution in [0.15, 0.2) is 12.1 Å². The van der Waals surface area contributed by atoms with E-state index in [0.29, 0.717) is 36.5 Å². The first-order valence-electron chi connectivity index (χ1n) is 5.86. The molecule has 6 nitrogen and oxygen atoms in total. The second-order valence-electron chi connectivity index (χ2n) is 4.44. The molecule has 0 aromatic carbocycles. The van der Waals surface area contributed by atoms with Crippen LogP contribution in [0.1, 0.15) is 28.9 Å². The number of pyridine rings is 1. The predicted molar refractivity (Wildman–Crippen MR) is 66.9 cm³/mol. The SMILES string of the molecule is Cc1cc(C(=O)NC2CCC(=O)NC2)cc(N)n1. The number of nitrogen functional groups attached to an aromatic ring is 1. The third-order valence-corrected chi connectivity index (χ3v) is 2.84. The maximum Gasteiger partial charge on any atom is 0.251 e. The van der Waals surface area contributed by atoms with Crippen LogP contribution >= 0.6 is 0 Å². The van der Waals surface area contributed by atoms with E-state index in [1.807, 2.05) is 0 Å². The molecule has 1 unspecified atom stereocenters. The third-order valence-electron chi connectivity index (χ3n) is 2.84. The Hall–Kier alpha value is -2.11. The van der Waals surface area contributed by atoms with Gasteiger partial charge in [-0.3, -0.25) is 9.59 Å². The van der Waals surface area contributed by atoms with E-state index in [4.69, 9.17) is 5.73 Å². The van der Waals surface area contributed by atoms with Crippen LogP contribution in [0.4, 0.5) is 5.82 Å². The first-order chi connectivity index (χ1) is 8.54. The maximum atomic E-state index is 12.0. The minimum atomic E-state index is -0.187. The standard InChI is InChI=1S/C12H16N4O2/c1-7-4-8(5-10(13)15-7)12(18)16-9-2-3-11(17)14-6-9/h4-5,9H,2-3,6H2,1H3,(H2,13,15)(H,14,17)(H,16,18). The number of piperidine rings is 1. The molecule has 1 aromatic rings. The quantitative estimate of drug-likeness (QED) is 0.685. The summed E-state index contributed by atoms with van der Waals surface area (Å²) in [6.07, 6.45) is 1.11. The van der Waals surface area contributed by atoms with Gasteiger partial charge in [-0.1, -0.05) is 0 Å². The molecule has 0 spiro atoms. The van der Waals surface area contributed by atoms with Gasteiger partial charge in [0.2, 0.25) is 5.91 Å². The molecule has 1 aliphatic rings. The van der Waals surface area contributed by atoms with Gasteiger partial charge in [-0.2, -0.15) is 0 Å². The highest BCUT2D eigenvalue weighted by Gasteiger charge is 2.20. The summed E-state index contributed by atoms with van der Waals surface area (Å²) in [6.45, 7) is 2.26. The fraction of sp³-hybridized carbons (Fsp3) is 0.417. The lowest BCUT2D eigenvalue weighted by atomic mass is 10.1. The van der Waals surface area contributed by atoms with E-state index in [1.54, 1.807) is 19.1 Å².